The van der Waals surface area contributed by atoms with Crippen LogP contribution in [0, 0.1) is 5.92 Å². The summed E-state index contributed by atoms with van der Waals surface area (Å²) in [7, 11) is -2.80. The van der Waals surface area contributed by atoms with E-state index in [1.807, 2.05) is 0 Å². The summed E-state index contributed by atoms with van der Waals surface area (Å²) in [4.78, 5) is 0. The average molecular weight is 133 g/mol. The SMILES string of the molecule is O=S1(=O)CC2CC2N1. The van der Waals surface area contributed by atoms with Gasteiger partial charge < -0.3 is 0 Å². The smallest absolute Gasteiger partial charge is 0.212 e. The molecule has 1 N–H and O–H groups in total. The number of nitrogens with one attached hydrogen (secondary N) is 1. The van der Waals surface area contributed by atoms with Gasteiger partial charge in [0.2, 0.25) is 10.0 Å². The van der Waals surface area contributed by atoms with Crippen LogP contribution in [0.15, 0.2) is 0 Å². The van der Waals surface area contributed by atoms with Crippen LogP contribution in [0.5, 0.6) is 0 Å². The third-order valence-corrected chi connectivity index (χ3v) is 3.22. The summed E-state index contributed by atoms with van der Waals surface area (Å²) in [5, 5.41) is 0. The molecular formula is C4H7NO2S. The molecule has 1 saturated carbocycles. The molecule has 0 aromatic rings. The van der Waals surface area contributed by atoms with Crippen LogP contribution in [0.4, 0.5) is 0 Å². The van der Waals surface area contributed by atoms with Gasteiger partial charge in [-0.25, -0.2) is 13.1 Å². The summed E-state index contributed by atoms with van der Waals surface area (Å²) in [5.74, 6) is 0.831. The molecule has 1 saturated heterocycles. The second-order valence-electron chi connectivity index (χ2n) is 2.50. The Bertz CT molecular complexity index is 192. The van der Waals surface area contributed by atoms with Gasteiger partial charge >= 0.3 is 0 Å². The Morgan fingerprint density at radius 1 is 1.50 bits per heavy atom. The molecule has 0 aromatic carbocycles. The van der Waals surface area contributed by atoms with Gasteiger partial charge in [0.05, 0.1) is 5.75 Å². The molecule has 0 amide bonds. The van der Waals surface area contributed by atoms with E-state index in [4.69, 9.17) is 0 Å². The van der Waals surface area contributed by atoms with Gasteiger partial charge in [0, 0.05) is 6.04 Å². The first kappa shape index (κ1) is 4.76. The van der Waals surface area contributed by atoms with Gasteiger partial charge in [0.25, 0.3) is 0 Å². The zero-order chi connectivity index (χ0) is 5.78. The molecular weight excluding hydrogens is 126 g/mol. The highest BCUT2D eigenvalue weighted by atomic mass is 32.2. The standard InChI is InChI=1S/C4H7NO2S/c6-8(7)2-3-1-4(3)5-8/h3-5H,1-2H2. The van der Waals surface area contributed by atoms with Crippen LogP contribution >= 0.6 is 0 Å². The van der Waals surface area contributed by atoms with Crippen molar-refractivity contribution in [2.75, 3.05) is 5.75 Å². The van der Waals surface area contributed by atoms with Crippen molar-refractivity contribution in [2.45, 2.75) is 12.5 Å². The lowest BCUT2D eigenvalue weighted by Gasteiger charge is -1.92. The topological polar surface area (TPSA) is 46.2 Å². The van der Waals surface area contributed by atoms with Gasteiger partial charge in [-0.3, -0.25) is 0 Å². The monoisotopic (exact) mass is 133 g/mol. The second kappa shape index (κ2) is 1.09. The van der Waals surface area contributed by atoms with E-state index in [-0.39, 0.29) is 0 Å². The van der Waals surface area contributed by atoms with Gasteiger partial charge in [-0.15, -0.1) is 0 Å². The maximum Gasteiger partial charge on any atom is 0.212 e. The van der Waals surface area contributed by atoms with Crippen LogP contribution in [0.25, 0.3) is 0 Å². The van der Waals surface area contributed by atoms with Gasteiger partial charge in [0.1, 0.15) is 0 Å². The molecule has 0 radical (unpaired) electrons. The minimum atomic E-state index is -2.80. The highest BCUT2D eigenvalue weighted by molar-refractivity contribution is 7.89. The minimum Gasteiger partial charge on any atom is -0.212 e. The van der Waals surface area contributed by atoms with Crippen molar-refractivity contribution in [1.29, 1.82) is 0 Å². The van der Waals surface area contributed by atoms with Gasteiger partial charge in [-0.1, -0.05) is 0 Å². The summed E-state index contributed by atoms with van der Waals surface area (Å²) in [6, 6.07) is 0.319. The Balaban J connectivity index is 2.30. The van der Waals surface area contributed by atoms with E-state index in [0.29, 0.717) is 17.7 Å². The Morgan fingerprint density at radius 3 is 2.50 bits per heavy atom. The highest BCUT2D eigenvalue weighted by Crippen LogP contribution is 2.37. The fourth-order valence-electron chi connectivity index (χ4n) is 1.14. The fraction of sp³-hybridized carbons (Fsp3) is 1.00. The molecule has 2 atom stereocenters. The first-order valence-corrected chi connectivity index (χ1v) is 4.33. The van der Waals surface area contributed by atoms with E-state index in [2.05, 4.69) is 4.72 Å². The van der Waals surface area contributed by atoms with Crippen LogP contribution in [-0.2, 0) is 10.0 Å². The number of hydrogen-bond acceptors (Lipinski definition) is 2. The Morgan fingerprint density at radius 2 is 2.25 bits per heavy atom. The lowest BCUT2D eigenvalue weighted by atomic mass is 10.5. The van der Waals surface area contributed by atoms with E-state index < -0.39 is 10.0 Å². The fourth-order valence-corrected chi connectivity index (χ4v) is 2.91. The molecule has 2 aliphatic rings. The quantitative estimate of drug-likeness (QED) is 0.475. The molecule has 4 heteroatoms. The van der Waals surface area contributed by atoms with Crippen molar-refractivity contribution in [2.24, 2.45) is 5.92 Å². The molecule has 1 aliphatic heterocycles. The minimum absolute atomic E-state index is 0.319. The first-order chi connectivity index (χ1) is 3.67. The summed E-state index contributed by atoms with van der Waals surface area (Å²) in [6.45, 7) is 0. The number of hydrogen-bond donors (Lipinski definition) is 1. The Hall–Kier alpha value is -0.0900. The van der Waals surface area contributed by atoms with Crippen LogP contribution in [-0.4, -0.2) is 20.2 Å². The van der Waals surface area contributed by atoms with Crippen LogP contribution in [0.1, 0.15) is 6.42 Å². The summed E-state index contributed by atoms with van der Waals surface area (Å²) >= 11 is 0. The van der Waals surface area contributed by atoms with E-state index in [1.165, 1.54) is 0 Å². The average Bonchev–Trinajstić information content (AvgIpc) is 2.11. The molecule has 2 rings (SSSR count). The number of fused-ring (bicyclic) bond motifs is 1. The van der Waals surface area contributed by atoms with Crippen molar-refractivity contribution < 1.29 is 8.42 Å². The summed E-state index contributed by atoms with van der Waals surface area (Å²) < 4.78 is 23.7. The van der Waals surface area contributed by atoms with Gasteiger partial charge in [0.15, 0.2) is 0 Å². The normalized spacial score (nSPS) is 48.5. The van der Waals surface area contributed by atoms with Crippen LogP contribution in [0.2, 0.25) is 0 Å². The molecule has 8 heavy (non-hydrogen) atoms. The van der Waals surface area contributed by atoms with Crippen molar-refractivity contribution in [3.05, 3.63) is 0 Å². The molecule has 1 heterocycles. The van der Waals surface area contributed by atoms with Crippen LogP contribution < -0.4 is 4.72 Å². The van der Waals surface area contributed by atoms with Gasteiger partial charge in [-0.05, 0) is 12.3 Å². The molecule has 2 unspecified atom stereocenters. The molecule has 0 spiro atoms. The lowest BCUT2D eigenvalue weighted by molar-refractivity contribution is 0.588. The second-order valence-corrected chi connectivity index (χ2v) is 4.30. The van der Waals surface area contributed by atoms with E-state index in [9.17, 15) is 8.42 Å². The van der Waals surface area contributed by atoms with Crippen molar-refractivity contribution in [3.8, 4) is 0 Å². The van der Waals surface area contributed by atoms with Crippen LogP contribution in [0.3, 0.4) is 0 Å². The summed E-state index contributed by atoms with van der Waals surface area (Å²) in [6.07, 6.45) is 1.07. The predicted octanol–water partition coefficient (Wildman–Crippen LogP) is -0.692. The van der Waals surface area contributed by atoms with E-state index in [0.717, 1.165) is 6.42 Å². The molecule has 3 nitrogen and oxygen atoms in total. The Kier molecular flexibility index (Phi) is 0.646. The molecule has 0 aromatic heterocycles. The lowest BCUT2D eigenvalue weighted by Crippen LogP contribution is -2.20. The van der Waals surface area contributed by atoms with Crippen molar-refractivity contribution in [3.63, 3.8) is 0 Å². The van der Waals surface area contributed by atoms with Crippen molar-refractivity contribution >= 4 is 10.0 Å². The van der Waals surface area contributed by atoms with E-state index >= 15 is 0 Å². The first-order valence-electron chi connectivity index (χ1n) is 2.67. The third kappa shape index (κ3) is 0.563. The zero-order valence-corrected chi connectivity index (χ0v) is 5.11. The zero-order valence-electron chi connectivity index (χ0n) is 4.29. The Labute approximate surface area is 48.1 Å². The highest BCUT2D eigenvalue weighted by Gasteiger charge is 2.48. The van der Waals surface area contributed by atoms with Gasteiger partial charge in [-0.2, -0.15) is 0 Å². The largest absolute Gasteiger partial charge is 0.212 e. The molecule has 46 valence electrons. The third-order valence-electron chi connectivity index (χ3n) is 1.69. The predicted molar refractivity (Wildman–Crippen MR) is 28.8 cm³/mol. The number of sulfonamides is 1. The molecule has 0 bridgehead atoms. The maximum atomic E-state index is 10.6. The van der Waals surface area contributed by atoms with Crippen molar-refractivity contribution in [1.82, 2.24) is 4.72 Å². The molecule has 1 aliphatic carbocycles. The van der Waals surface area contributed by atoms with E-state index in [1.54, 1.807) is 0 Å². The summed E-state index contributed by atoms with van der Waals surface area (Å²) in [5.41, 5.74) is 0. The number of rotatable bonds is 0. The maximum absolute atomic E-state index is 10.6. The molecule has 2 fully saturated rings.